The molecule has 0 heterocycles. The van der Waals surface area contributed by atoms with Crippen molar-refractivity contribution in [3.63, 3.8) is 0 Å². The summed E-state index contributed by atoms with van der Waals surface area (Å²) in [5.74, 6) is 0.0157. The van der Waals surface area contributed by atoms with Crippen molar-refractivity contribution in [2.45, 2.75) is 20.3 Å². The van der Waals surface area contributed by atoms with E-state index in [1.807, 2.05) is 18.2 Å². The van der Waals surface area contributed by atoms with Crippen molar-refractivity contribution in [1.29, 1.82) is 0 Å². The number of carbonyl (C=O) groups is 1. The average molecular weight is 286 g/mol. The SMILES string of the molecule is COc1cc(C(=O)c2cccc(CC(C)C)c2)ccc1F. The summed E-state index contributed by atoms with van der Waals surface area (Å²) in [6, 6.07) is 11.8. The van der Waals surface area contributed by atoms with Crippen LogP contribution in [0, 0.1) is 11.7 Å². The zero-order valence-corrected chi connectivity index (χ0v) is 12.5. The lowest BCUT2D eigenvalue weighted by Crippen LogP contribution is -2.04. The highest BCUT2D eigenvalue weighted by Gasteiger charge is 2.13. The first kappa shape index (κ1) is 15.2. The summed E-state index contributed by atoms with van der Waals surface area (Å²) in [7, 11) is 1.38. The third-order valence-electron chi connectivity index (χ3n) is 3.25. The fourth-order valence-corrected chi connectivity index (χ4v) is 2.28. The Kier molecular flexibility index (Phi) is 4.73. The largest absolute Gasteiger partial charge is 0.494 e. The van der Waals surface area contributed by atoms with Crippen LogP contribution in [0.3, 0.4) is 0 Å². The molecule has 0 aliphatic heterocycles. The number of benzene rings is 2. The Bertz CT molecular complexity index is 647. The van der Waals surface area contributed by atoms with Crippen LogP contribution in [0.1, 0.15) is 35.3 Å². The highest BCUT2D eigenvalue weighted by Crippen LogP contribution is 2.21. The predicted octanol–water partition coefficient (Wildman–Crippen LogP) is 4.26. The van der Waals surface area contributed by atoms with Crippen LogP contribution in [0.2, 0.25) is 0 Å². The molecule has 0 N–H and O–H groups in total. The van der Waals surface area contributed by atoms with Gasteiger partial charge in [-0.05, 0) is 42.2 Å². The van der Waals surface area contributed by atoms with Crippen molar-refractivity contribution in [2.24, 2.45) is 5.92 Å². The Morgan fingerprint density at radius 2 is 1.86 bits per heavy atom. The minimum atomic E-state index is -0.470. The number of carbonyl (C=O) groups excluding carboxylic acids is 1. The van der Waals surface area contributed by atoms with Crippen LogP contribution in [-0.2, 0) is 6.42 Å². The molecular weight excluding hydrogens is 267 g/mol. The summed E-state index contributed by atoms with van der Waals surface area (Å²) in [5, 5.41) is 0. The number of rotatable bonds is 5. The summed E-state index contributed by atoms with van der Waals surface area (Å²) in [6.45, 7) is 4.28. The number of ether oxygens (including phenoxy) is 1. The van der Waals surface area contributed by atoms with Gasteiger partial charge in [0.1, 0.15) is 0 Å². The molecule has 0 bridgehead atoms. The van der Waals surface area contributed by atoms with Crippen molar-refractivity contribution in [3.05, 3.63) is 65.0 Å². The molecule has 0 aliphatic carbocycles. The lowest BCUT2D eigenvalue weighted by molar-refractivity contribution is 0.103. The molecule has 0 aromatic heterocycles. The first-order valence-electron chi connectivity index (χ1n) is 6.98. The smallest absolute Gasteiger partial charge is 0.193 e. The van der Waals surface area contributed by atoms with Crippen LogP contribution in [0.15, 0.2) is 42.5 Å². The monoisotopic (exact) mass is 286 g/mol. The van der Waals surface area contributed by atoms with E-state index in [4.69, 9.17) is 4.74 Å². The standard InChI is InChI=1S/C18H19FO2/c1-12(2)9-13-5-4-6-14(10-13)18(20)15-7-8-16(19)17(11-15)21-3/h4-8,10-12H,9H2,1-3H3. The molecule has 0 unspecified atom stereocenters. The van der Waals surface area contributed by atoms with E-state index in [1.165, 1.54) is 25.3 Å². The quantitative estimate of drug-likeness (QED) is 0.767. The topological polar surface area (TPSA) is 26.3 Å². The van der Waals surface area contributed by atoms with Gasteiger partial charge in [0, 0.05) is 11.1 Å². The molecule has 2 aromatic rings. The van der Waals surface area contributed by atoms with Gasteiger partial charge in [-0.2, -0.15) is 0 Å². The normalized spacial score (nSPS) is 10.7. The number of hydrogen-bond donors (Lipinski definition) is 0. The highest BCUT2D eigenvalue weighted by atomic mass is 19.1. The Labute approximate surface area is 124 Å². The Hall–Kier alpha value is -2.16. The Balaban J connectivity index is 2.31. The van der Waals surface area contributed by atoms with Crippen molar-refractivity contribution >= 4 is 5.78 Å². The van der Waals surface area contributed by atoms with Gasteiger partial charge in [-0.15, -0.1) is 0 Å². The summed E-state index contributed by atoms with van der Waals surface area (Å²) < 4.78 is 18.3. The minimum absolute atomic E-state index is 0.0826. The average Bonchev–Trinajstić information content (AvgIpc) is 2.46. The van der Waals surface area contributed by atoms with E-state index in [1.54, 1.807) is 6.07 Å². The van der Waals surface area contributed by atoms with E-state index in [2.05, 4.69) is 13.8 Å². The van der Waals surface area contributed by atoms with Gasteiger partial charge in [0.25, 0.3) is 0 Å². The number of ketones is 1. The van der Waals surface area contributed by atoms with Crippen LogP contribution >= 0.6 is 0 Å². The molecule has 2 rings (SSSR count). The van der Waals surface area contributed by atoms with Crippen LogP contribution in [-0.4, -0.2) is 12.9 Å². The molecular formula is C18H19FO2. The second-order valence-corrected chi connectivity index (χ2v) is 5.48. The molecule has 0 fully saturated rings. The van der Waals surface area contributed by atoms with Crippen molar-refractivity contribution in [1.82, 2.24) is 0 Å². The van der Waals surface area contributed by atoms with Crippen molar-refractivity contribution in [3.8, 4) is 5.75 Å². The highest BCUT2D eigenvalue weighted by molar-refractivity contribution is 6.09. The number of hydrogen-bond acceptors (Lipinski definition) is 2. The van der Waals surface area contributed by atoms with Gasteiger partial charge in [-0.25, -0.2) is 4.39 Å². The minimum Gasteiger partial charge on any atom is -0.494 e. The summed E-state index contributed by atoms with van der Waals surface area (Å²) in [4.78, 5) is 12.5. The maximum absolute atomic E-state index is 13.4. The molecule has 2 aromatic carbocycles. The van der Waals surface area contributed by atoms with Crippen LogP contribution in [0.25, 0.3) is 0 Å². The molecule has 21 heavy (non-hydrogen) atoms. The second-order valence-electron chi connectivity index (χ2n) is 5.48. The molecule has 0 aliphatic rings. The van der Waals surface area contributed by atoms with Gasteiger partial charge in [0.15, 0.2) is 17.3 Å². The summed E-state index contributed by atoms with van der Waals surface area (Å²) >= 11 is 0. The maximum atomic E-state index is 13.4. The molecule has 110 valence electrons. The third-order valence-corrected chi connectivity index (χ3v) is 3.25. The first-order chi connectivity index (χ1) is 10.0. The zero-order chi connectivity index (χ0) is 15.4. The molecule has 0 amide bonds. The lowest BCUT2D eigenvalue weighted by Gasteiger charge is -2.08. The van der Waals surface area contributed by atoms with Gasteiger partial charge in [-0.3, -0.25) is 4.79 Å². The Morgan fingerprint density at radius 1 is 1.14 bits per heavy atom. The first-order valence-corrected chi connectivity index (χ1v) is 6.98. The van der Waals surface area contributed by atoms with Crippen LogP contribution in [0.5, 0.6) is 5.75 Å². The van der Waals surface area contributed by atoms with Crippen molar-refractivity contribution < 1.29 is 13.9 Å². The molecule has 0 radical (unpaired) electrons. The van der Waals surface area contributed by atoms with Crippen molar-refractivity contribution in [2.75, 3.05) is 7.11 Å². The van der Waals surface area contributed by atoms with Gasteiger partial charge < -0.3 is 4.74 Å². The molecule has 0 saturated carbocycles. The van der Waals surface area contributed by atoms with E-state index >= 15 is 0 Å². The van der Waals surface area contributed by atoms with E-state index in [0.29, 0.717) is 17.0 Å². The fourth-order valence-electron chi connectivity index (χ4n) is 2.28. The molecule has 0 spiro atoms. The van der Waals surface area contributed by atoms with E-state index < -0.39 is 5.82 Å². The Morgan fingerprint density at radius 3 is 2.52 bits per heavy atom. The second kappa shape index (κ2) is 6.53. The van der Waals surface area contributed by atoms with E-state index in [0.717, 1.165) is 12.0 Å². The maximum Gasteiger partial charge on any atom is 0.193 e. The molecule has 0 saturated heterocycles. The molecule has 2 nitrogen and oxygen atoms in total. The number of methoxy groups -OCH3 is 1. The third kappa shape index (κ3) is 3.69. The molecule has 3 heteroatoms. The van der Waals surface area contributed by atoms with Gasteiger partial charge in [0.2, 0.25) is 0 Å². The fraction of sp³-hybridized carbons (Fsp3) is 0.278. The summed E-state index contributed by atoms with van der Waals surface area (Å²) in [5.41, 5.74) is 2.17. The van der Waals surface area contributed by atoms with Crippen LogP contribution in [0.4, 0.5) is 4.39 Å². The predicted molar refractivity (Wildman–Crippen MR) is 81.4 cm³/mol. The lowest BCUT2D eigenvalue weighted by atomic mass is 9.97. The zero-order valence-electron chi connectivity index (χ0n) is 12.5. The van der Waals surface area contributed by atoms with Gasteiger partial charge in [0.05, 0.1) is 7.11 Å². The molecule has 0 atom stereocenters. The van der Waals surface area contributed by atoms with Gasteiger partial charge in [-0.1, -0.05) is 32.0 Å². The van der Waals surface area contributed by atoms with Crippen LogP contribution < -0.4 is 4.74 Å². The number of halogens is 1. The summed E-state index contributed by atoms with van der Waals surface area (Å²) in [6.07, 6.45) is 0.924. The van der Waals surface area contributed by atoms with E-state index in [-0.39, 0.29) is 11.5 Å². The van der Waals surface area contributed by atoms with E-state index in [9.17, 15) is 9.18 Å². The van der Waals surface area contributed by atoms with Gasteiger partial charge >= 0.3 is 0 Å².